The third kappa shape index (κ3) is 7.40. The second-order valence-corrected chi connectivity index (χ2v) is 9.10. The van der Waals surface area contributed by atoms with Crippen molar-refractivity contribution in [3.05, 3.63) is 99.6 Å². The van der Waals surface area contributed by atoms with Gasteiger partial charge in [-0.1, -0.05) is 54.1 Å². The average Bonchev–Trinajstić information content (AvgIpc) is 2.86. The van der Waals surface area contributed by atoms with E-state index in [9.17, 15) is 39.9 Å². The summed E-state index contributed by atoms with van der Waals surface area (Å²) in [7, 11) is 0. The van der Waals surface area contributed by atoms with Gasteiger partial charge in [-0.15, -0.1) is 0 Å². The van der Waals surface area contributed by atoms with E-state index in [2.05, 4.69) is 5.32 Å². The van der Waals surface area contributed by atoms with E-state index in [1.165, 1.54) is 23.1 Å². The van der Waals surface area contributed by atoms with Gasteiger partial charge in [-0.3, -0.25) is 4.79 Å². The molecule has 0 saturated heterocycles. The molecule has 0 saturated carbocycles. The summed E-state index contributed by atoms with van der Waals surface area (Å²) in [5.41, 5.74) is -0.986. The second-order valence-electron chi connectivity index (χ2n) is 8.66. The van der Waals surface area contributed by atoms with Crippen LogP contribution >= 0.6 is 11.6 Å². The first kappa shape index (κ1) is 30.2. The highest BCUT2D eigenvalue weighted by atomic mass is 35.5. The normalized spacial score (nSPS) is 12.4. The van der Waals surface area contributed by atoms with E-state index in [0.717, 1.165) is 24.3 Å². The van der Waals surface area contributed by atoms with Crippen LogP contribution < -0.4 is 5.32 Å². The van der Waals surface area contributed by atoms with E-state index in [0.29, 0.717) is 29.9 Å². The lowest BCUT2D eigenvalue weighted by molar-refractivity contribution is -0.289. The number of nitrogens with zero attached hydrogens (tertiary/aromatic N) is 1. The van der Waals surface area contributed by atoms with Gasteiger partial charge in [-0.2, -0.15) is 35.1 Å². The Hall–Kier alpha value is -3.34. The van der Waals surface area contributed by atoms with E-state index in [-0.39, 0.29) is 35.7 Å². The Kier molecular flexibility index (Phi) is 9.15. The standard InChI is InChI=1S/C27H23ClF8N2O/c1-2-37-23-11-10-21(28)15-22(23)24(39)38(13-12-17-4-3-5-20(14-17)26(31,32)33)16-18-6-8-19(9-7-18)25(29,30)27(34,35)36/h3-11,14-15,37H,2,12-13,16H2,1H3. The maximum Gasteiger partial charge on any atom is 0.458 e. The molecule has 3 aromatic rings. The topological polar surface area (TPSA) is 32.3 Å². The smallest absolute Gasteiger partial charge is 0.385 e. The van der Waals surface area contributed by atoms with Gasteiger partial charge >= 0.3 is 18.3 Å². The molecule has 210 valence electrons. The minimum Gasteiger partial charge on any atom is -0.385 e. The third-order valence-electron chi connectivity index (χ3n) is 5.84. The van der Waals surface area contributed by atoms with Gasteiger partial charge in [-0.05, 0) is 48.7 Å². The molecule has 1 amide bonds. The molecule has 0 atom stereocenters. The molecule has 12 heteroatoms. The number of carbonyl (C=O) groups is 1. The van der Waals surface area contributed by atoms with Crippen molar-refractivity contribution in [2.45, 2.75) is 38.2 Å². The number of amides is 1. The van der Waals surface area contributed by atoms with Crippen LogP contribution in [0.5, 0.6) is 0 Å². The molecule has 0 unspecified atom stereocenters. The van der Waals surface area contributed by atoms with Crippen molar-refractivity contribution in [1.29, 1.82) is 0 Å². The first-order valence-electron chi connectivity index (χ1n) is 11.7. The van der Waals surface area contributed by atoms with Gasteiger partial charge in [0.1, 0.15) is 0 Å². The fraction of sp³-hybridized carbons (Fsp3) is 0.296. The number of carbonyl (C=O) groups excluding carboxylic acids is 1. The van der Waals surface area contributed by atoms with Crippen LogP contribution in [0.15, 0.2) is 66.7 Å². The van der Waals surface area contributed by atoms with Crippen molar-refractivity contribution in [1.82, 2.24) is 4.90 Å². The van der Waals surface area contributed by atoms with E-state index in [4.69, 9.17) is 11.6 Å². The van der Waals surface area contributed by atoms with Gasteiger partial charge < -0.3 is 10.2 Å². The van der Waals surface area contributed by atoms with Crippen molar-refractivity contribution in [2.75, 3.05) is 18.4 Å². The number of halogens is 9. The van der Waals surface area contributed by atoms with Crippen molar-refractivity contribution < 1.29 is 39.9 Å². The lowest BCUT2D eigenvalue weighted by atomic mass is 10.0. The molecule has 0 bridgehead atoms. The summed E-state index contributed by atoms with van der Waals surface area (Å²) in [5, 5.41) is 3.26. The van der Waals surface area contributed by atoms with Crippen LogP contribution in [0.3, 0.4) is 0 Å². The van der Waals surface area contributed by atoms with Crippen LogP contribution in [0.4, 0.5) is 40.8 Å². The number of rotatable bonds is 9. The van der Waals surface area contributed by atoms with Gasteiger partial charge in [0.2, 0.25) is 0 Å². The van der Waals surface area contributed by atoms with Crippen molar-refractivity contribution >= 4 is 23.2 Å². The van der Waals surface area contributed by atoms with Crippen LogP contribution in [0, 0.1) is 0 Å². The Labute approximate surface area is 224 Å². The summed E-state index contributed by atoms with van der Waals surface area (Å²) in [5.74, 6) is -5.63. The number of benzene rings is 3. The summed E-state index contributed by atoms with van der Waals surface area (Å²) in [6.45, 7) is 1.96. The maximum absolute atomic E-state index is 13.7. The summed E-state index contributed by atoms with van der Waals surface area (Å²) >= 11 is 6.09. The lowest BCUT2D eigenvalue weighted by Gasteiger charge is -2.25. The van der Waals surface area contributed by atoms with E-state index < -0.39 is 35.3 Å². The molecule has 3 nitrogen and oxygen atoms in total. The van der Waals surface area contributed by atoms with Crippen LogP contribution in [0.1, 0.15) is 39.5 Å². The Bertz CT molecular complexity index is 1290. The zero-order valence-corrected chi connectivity index (χ0v) is 21.2. The molecule has 0 radical (unpaired) electrons. The first-order chi connectivity index (χ1) is 18.1. The van der Waals surface area contributed by atoms with Crippen molar-refractivity contribution in [3.8, 4) is 0 Å². The SMILES string of the molecule is CCNc1ccc(Cl)cc1C(=O)N(CCc1cccc(C(F)(F)F)c1)Cc1ccc(C(F)(F)C(F)(F)F)cc1. The molecular formula is C27H23ClF8N2O. The zero-order valence-electron chi connectivity index (χ0n) is 20.4. The van der Waals surface area contributed by atoms with Crippen molar-refractivity contribution in [2.24, 2.45) is 0 Å². The number of hydrogen-bond acceptors (Lipinski definition) is 2. The van der Waals surface area contributed by atoms with Crippen LogP contribution in [-0.4, -0.2) is 30.1 Å². The first-order valence-corrected chi connectivity index (χ1v) is 12.0. The summed E-state index contributed by atoms with van der Waals surface area (Å²) in [6, 6.07) is 12.5. The largest absolute Gasteiger partial charge is 0.458 e. The Morgan fingerprint density at radius 3 is 2.10 bits per heavy atom. The van der Waals surface area contributed by atoms with E-state index in [1.807, 2.05) is 0 Å². The molecule has 0 aromatic heterocycles. The van der Waals surface area contributed by atoms with Crippen LogP contribution in [0.25, 0.3) is 0 Å². The zero-order chi connectivity index (χ0) is 29.0. The van der Waals surface area contributed by atoms with Crippen LogP contribution in [-0.2, 0) is 25.1 Å². The fourth-order valence-corrected chi connectivity index (χ4v) is 4.00. The summed E-state index contributed by atoms with van der Waals surface area (Å²) < 4.78 is 105. The molecule has 0 spiro atoms. The Morgan fingerprint density at radius 2 is 1.51 bits per heavy atom. The Balaban J connectivity index is 1.93. The summed E-state index contributed by atoms with van der Waals surface area (Å²) in [4.78, 5) is 14.8. The molecule has 0 aliphatic heterocycles. The molecule has 3 aromatic carbocycles. The molecular weight excluding hydrogens is 556 g/mol. The Morgan fingerprint density at radius 1 is 0.846 bits per heavy atom. The molecule has 3 rings (SSSR count). The predicted molar refractivity (Wildman–Crippen MR) is 132 cm³/mol. The quantitative estimate of drug-likeness (QED) is 0.259. The molecule has 0 aliphatic carbocycles. The van der Waals surface area contributed by atoms with Crippen molar-refractivity contribution in [3.63, 3.8) is 0 Å². The van der Waals surface area contributed by atoms with E-state index in [1.54, 1.807) is 19.1 Å². The molecule has 39 heavy (non-hydrogen) atoms. The minimum absolute atomic E-state index is 0.0109. The molecule has 0 fully saturated rings. The van der Waals surface area contributed by atoms with Crippen LogP contribution in [0.2, 0.25) is 5.02 Å². The third-order valence-corrected chi connectivity index (χ3v) is 6.07. The van der Waals surface area contributed by atoms with E-state index >= 15 is 0 Å². The van der Waals surface area contributed by atoms with Gasteiger partial charge in [0.25, 0.3) is 5.91 Å². The highest BCUT2D eigenvalue weighted by Gasteiger charge is 2.58. The number of anilines is 1. The van der Waals surface area contributed by atoms with Gasteiger partial charge in [0.05, 0.1) is 11.1 Å². The molecule has 1 N–H and O–H groups in total. The lowest BCUT2D eigenvalue weighted by Crippen LogP contribution is -2.34. The highest BCUT2D eigenvalue weighted by molar-refractivity contribution is 6.31. The van der Waals surface area contributed by atoms with Gasteiger partial charge in [-0.25, -0.2) is 0 Å². The number of hydrogen-bond donors (Lipinski definition) is 1. The number of nitrogens with one attached hydrogen (secondary N) is 1. The predicted octanol–water partition coefficient (Wildman–Crippen LogP) is 8.33. The molecule has 0 aliphatic rings. The molecule has 0 heterocycles. The maximum atomic E-state index is 13.7. The summed E-state index contributed by atoms with van der Waals surface area (Å²) in [6.07, 6.45) is -10.3. The van der Waals surface area contributed by atoms with Gasteiger partial charge in [0, 0.05) is 35.9 Å². The minimum atomic E-state index is -5.78. The monoisotopic (exact) mass is 578 g/mol. The fourth-order valence-electron chi connectivity index (χ4n) is 3.83. The highest BCUT2D eigenvalue weighted by Crippen LogP contribution is 2.43. The second kappa shape index (κ2) is 11.8. The number of alkyl halides is 8. The van der Waals surface area contributed by atoms with Gasteiger partial charge in [0.15, 0.2) is 0 Å². The average molecular weight is 579 g/mol.